The van der Waals surface area contributed by atoms with Gasteiger partial charge in [-0.25, -0.2) is 4.79 Å². The Hall–Kier alpha value is -1.37. The first-order valence-corrected chi connectivity index (χ1v) is 5.61. The second-order valence-corrected chi connectivity index (χ2v) is 4.24. The SMILES string of the molecule is COC(=O)c1cc2ccccn2c(=O)c1I. The molecule has 0 aliphatic heterocycles. The molecule has 0 fully saturated rings. The summed E-state index contributed by atoms with van der Waals surface area (Å²) in [6, 6.07) is 6.99. The standard InChI is InChI=1S/C11H8INO3/c1-16-11(15)8-6-7-4-2-3-5-13(7)10(14)9(8)12/h2-6H,1H3. The lowest BCUT2D eigenvalue weighted by atomic mass is 10.2. The van der Waals surface area contributed by atoms with Crippen molar-refractivity contribution in [2.75, 3.05) is 7.11 Å². The number of fused-ring (bicyclic) bond motifs is 1. The second kappa shape index (κ2) is 4.25. The fourth-order valence-corrected chi connectivity index (χ4v) is 2.09. The van der Waals surface area contributed by atoms with Crippen LogP contribution in [0.15, 0.2) is 35.3 Å². The Kier molecular flexibility index (Phi) is 2.95. The minimum absolute atomic E-state index is 0.209. The van der Waals surface area contributed by atoms with Crippen LogP contribution in [0.2, 0.25) is 0 Å². The van der Waals surface area contributed by atoms with Crippen LogP contribution in [0.1, 0.15) is 10.4 Å². The van der Waals surface area contributed by atoms with Gasteiger partial charge in [0.05, 0.1) is 16.2 Å². The summed E-state index contributed by atoms with van der Waals surface area (Å²) in [5.74, 6) is -0.493. The number of carbonyl (C=O) groups is 1. The third-order valence-corrected chi connectivity index (χ3v) is 3.27. The van der Waals surface area contributed by atoms with Crippen LogP contribution in [-0.4, -0.2) is 17.5 Å². The zero-order valence-corrected chi connectivity index (χ0v) is 10.6. The molecule has 2 aromatic heterocycles. The molecule has 0 radical (unpaired) electrons. The molecule has 0 aliphatic carbocycles. The quantitative estimate of drug-likeness (QED) is 0.591. The van der Waals surface area contributed by atoms with Gasteiger partial charge in [0.1, 0.15) is 0 Å². The van der Waals surface area contributed by atoms with Crippen LogP contribution in [0, 0.1) is 3.57 Å². The zero-order valence-electron chi connectivity index (χ0n) is 8.44. The number of ether oxygens (including phenoxy) is 1. The van der Waals surface area contributed by atoms with E-state index in [1.807, 2.05) is 28.7 Å². The summed E-state index contributed by atoms with van der Waals surface area (Å²) in [7, 11) is 1.30. The van der Waals surface area contributed by atoms with Gasteiger partial charge in [0.25, 0.3) is 5.56 Å². The molecular formula is C11H8INO3. The highest BCUT2D eigenvalue weighted by Crippen LogP contribution is 2.12. The van der Waals surface area contributed by atoms with E-state index in [2.05, 4.69) is 4.74 Å². The molecule has 4 nitrogen and oxygen atoms in total. The summed E-state index contributed by atoms with van der Waals surface area (Å²) in [6.07, 6.45) is 1.67. The highest BCUT2D eigenvalue weighted by molar-refractivity contribution is 14.1. The maximum absolute atomic E-state index is 11.9. The van der Waals surface area contributed by atoms with Crippen molar-refractivity contribution in [3.8, 4) is 0 Å². The molecule has 0 aromatic carbocycles. The molecule has 82 valence electrons. The van der Waals surface area contributed by atoms with Gasteiger partial charge < -0.3 is 4.74 Å². The van der Waals surface area contributed by atoms with Crippen LogP contribution in [0.5, 0.6) is 0 Å². The Bertz CT molecular complexity index is 618. The second-order valence-electron chi connectivity index (χ2n) is 3.16. The van der Waals surface area contributed by atoms with Gasteiger partial charge >= 0.3 is 5.97 Å². The number of hydrogen-bond acceptors (Lipinski definition) is 3. The Morgan fingerprint density at radius 2 is 2.19 bits per heavy atom. The number of esters is 1. The van der Waals surface area contributed by atoms with E-state index in [-0.39, 0.29) is 5.56 Å². The highest BCUT2D eigenvalue weighted by Gasteiger charge is 2.14. The van der Waals surface area contributed by atoms with E-state index in [0.717, 1.165) is 0 Å². The number of rotatable bonds is 1. The maximum atomic E-state index is 11.9. The molecule has 2 rings (SSSR count). The average molecular weight is 329 g/mol. The lowest BCUT2D eigenvalue weighted by Gasteiger charge is -2.05. The van der Waals surface area contributed by atoms with Gasteiger partial charge in [-0.2, -0.15) is 0 Å². The molecule has 5 heteroatoms. The van der Waals surface area contributed by atoms with Crippen LogP contribution >= 0.6 is 22.6 Å². The predicted octanol–water partition coefficient (Wildman–Crippen LogP) is 1.69. The van der Waals surface area contributed by atoms with E-state index >= 15 is 0 Å². The molecule has 2 aromatic rings. The molecule has 0 saturated heterocycles. The minimum Gasteiger partial charge on any atom is -0.465 e. The number of carbonyl (C=O) groups excluding carboxylic acids is 1. The largest absolute Gasteiger partial charge is 0.465 e. The molecule has 0 amide bonds. The normalized spacial score (nSPS) is 10.4. The monoisotopic (exact) mass is 329 g/mol. The van der Waals surface area contributed by atoms with Gasteiger partial charge in [-0.15, -0.1) is 0 Å². The Balaban J connectivity index is 2.84. The molecule has 0 atom stereocenters. The number of methoxy groups -OCH3 is 1. The van der Waals surface area contributed by atoms with Crippen LogP contribution < -0.4 is 5.56 Å². The van der Waals surface area contributed by atoms with Gasteiger partial charge in [0.15, 0.2) is 0 Å². The Morgan fingerprint density at radius 1 is 1.44 bits per heavy atom. The third-order valence-electron chi connectivity index (χ3n) is 2.23. The fraction of sp³-hybridized carbons (Fsp3) is 0.0909. The molecule has 0 aliphatic rings. The first-order chi connectivity index (χ1) is 7.65. The number of halogens is 1. The number of hydrogen-bond donors (Lipinski definition) is 0. The van der Waals surface area contributed by atoms with Crippen LogP contribution in [0.4, 0.5) is 0 Å². The van der Waals surface area contributed by atoms with Crippen molar-refractivity contribution in [3.63, 3.8) is 0 Å². The van der Waals surface area contributed by atoms with Gasteiger partial charge in [-0.3, -0.25) is 9.20 Å². The molecule has 16 heavy (non-hydrogen) atoms. The van der Waals surface area contributed by atoms with Crippen LogP contribution in [0.3, 0.4) is 0 Å². The topological polar surface area (TPSA) is 47.8 Å². The van der Waals surface area contributed by atoms with Crippen molar-refractivity contribution in [1.82, 2.24) is 4.40 Å². The Labute approximate surface area is 105 Å². The number of pyridine rings is 2. The maximum Gasteiger partial charge on any atom is 0.339 e. The van der Waals surface area contributed by atoms with Gasteiger partial charge in [-0.05, 0) is 40.8 Å². The smallest absolute Gasteiger partial charge is 0.339 e. The Morgan fingerprint density at radius 3 is 2.88 bits per heavy atom. The van der Waals surface area contributed by atoms with E-state index in [4.69, 9.17) is 0 Å². The number of nitrogens with zero attached hydrogens (tertiary/aromatic N) is 1. The molecule has 2 heterocycles. The summed E-state index contributed by atoms with van der Waals surface area (Å²) in [5, 5.41) is 0. The van der Waals surface area contributed by atoms with Crippen molar-refractivity contribution in [1.29, 1.82) is 0 Å². The first-order valence-electron chi connectivity index (χ1n) is 4.53. The summed E-state index contributed by atoms with van der Waals surface area (Å²) in [6.45, 7) is 0. The van der Waals surface area contributed by atoms with Gasteiger partial charge in [0.2, 0.25) is 0 Å². The van der Waals surface area contributed by atoms with Crippen molar-refractivity contribution in [2.45, 2.75) is 0 Å². The van der Waals surface area contributed by atoms with E-state index in [9.17, 15) is 9.59 Å². The lowest BCUT2D eigenvalue weighted by Crippen LogP contribution is -2.20. The third kappa shape index (κ3) is 1.71. The molecule has 0 N–H and O–H groups in total. The molecule has 0 spiro atoms. The molecule has 0 bridgehead atoms. The lowest BCUT2D eigenvalue weighted by molar-refractivity contribution is 0.0599. The van der Waals surface area contributed by atoms with Gasteiger partial charge in [0, 0.05) is 11.7 Å². The molecular weight excluding hydrogens is 321 g/mol. The summed E-state index contributed by atoms with van der Waals surface area (Å²) < 4.78 is 6.49. The summed E-state index contributed by atoms with van der Waals surface area (Å²) in [5.41, 5.74) is 0.770. The van der Waals surface area contributed by atoms with Crippen molar-refractivity contribution in [2.24, 2.45) is 0 Å². The fourth-order valence-electron chi connectivity index (χ4n) is 1.45. The summed E-state index contributed by atoms with van der Waals surface area (Å²) >= 11 is 1.86. The number of aromatic nitrogens is 1. The van der Waals surface area contributed by atoms with E-state index in [1.54, 1.807) is 24.4 Å². The minimum atomic E-state index is -0.493. The van der Waals surface area contributed by atoms with Crippen molar-refractivity contribution < 1.29 is 9.53 Å². The van der Waals surface area contributed by atoms with E-state index in [1.165, 1.54) is 11.5 Å². The van der Waals surface area contributed by atoms with Gasteiger partial charge in [-0.1, -0.05) is 6.07 Å². The van der Waals surface area contributed by atoms with E-state index in [0.29, 0.717) is 14.7 Å². The summed E-state index contributed by atoms with van der Waals surface area (Å²) in [4.78, 5) is 23.4. The average Bonchev–Trinajstić information content (AvgIpc) is 2.33. The molecule has 0 unspecified atom stereocenters. The van der Waals surface area contributed by atoms with Crippen LogP contribution in [0.25, 0.3) is 5.52 Å². The van der Waals surface area contributed by atoms with Crippen molar-refractivity contribution in [3.05, 3.63) is 49.9 Å². The van der Waals surface area contributed by atoms with Crippen molar-refractivity contribution >= 4 is 34.1 Å². The highest BCUT2D eigenvalue weighted by atomic mass is 127. The zero-order chi connectivity index (χ0) is 11.7. The predicted molar refractivity (Wildman–Crippen MR) is 67.7 cm³/mol. The molecule has 0 saturated carbocycles. The first kappa shape index (κ1) is 11.1. The van der Waals surface area contributed by atoms with Crippen LogP contribution in [-0.2, 0) is 4.74 Å². The van der Waals surface area contributed by atoms with E-state index < -0.39 is 5.97 Å².